The lowest BCUT2D eigenvalue weighted by atomic mass is 10.1. The Morgan fingerprint density at radius 3 is 2.84 bits per heavy atom. The van der Waals surface area contributed by atoms with Gasteiger partial charge in [0.25, 0.3) is 5.91 Å². The third-order valence-corrected chi connectivity index (χ3v) is 2.68. The summed E-state index contributed by atoms with van der Waals surface area (Å²) in [6, 6.07) is 1.63. The first-order valence-electron chi connectivity index (χ1n) is 5.50. The van der Waals surface area contributed by atoms with Gasteiger partial charge in [-0.1, -0.05) is 0 Å². The Balaban J connectivity index is 2.15. The first-order chi connectivity index (χ1) is 8.99. The van der Waals surface area contributed by atoms with Gasteiger partial charge in [0.1, 0.15) is 5.82 Å². The molecule has 1 aromatic carbocycles. The molecule has 0 radical (unpaired) electrons. The van der Waals surface area contributed by atoms with Gasteiger partial charge in [-0.15, -0.1) is 0 Å². The molecule has 2 rings (SSSR count). The summed E-state index contributed by atoms with van der Waals surface area (Å²) in [4.78, 5) is 11.8. The van der Waals surface area contributed by atoms with Crippen LogP contribution in [0.1, 0.15) is 21.6 Å². The number of aryl methyl sites for hydroxylation is 1. The first-order valence-corrected chi connectivity index (χ1v) is 5.50. The molecule has 7 heteroatoms. The van der Waals surface area contributed by atoms with Crippen LogP contribution in [0.2, 0.25) is 0 Å². The van der Waals surface area contributed by atoms with Crippen molar-refractivity contribution in [3.8, 4) is 0 Å². The van der Waals surface area contributed by atoms with E-state index >= 15 is 0 Å². The van der Waals surface area contributed by atoms with Crippen LogP contribution in [-0.4, -0.2) is 16.1 Å². The molecule has 0 aliphatic rings. The van der Waals surface area contributed by atoms with E-state index in [1.54, 1.807) is 13.1 Å². The van der Waals surface area contributed by atoms with Crippen molar-refractivity contribution in [2.75, 3.05) is 5.73 Å². The molecule has 1 heterocycles. The molecule has 0 saturated heterocycles. The summed E-state index contributed by atoms with van der Waals surface area (Å²) >= 11 is 0. The second-order valence-corrected chi connectivity index (χ2v) is 4.06. The third-order valence-electron chi connectivity index (χ3n) is 2.68. The molecule has 5 nitrogen and oxygen atoms in total. The number of carbonyl (C=O) groups excluding carboxylic acids is 1. The maximum atomic E-state index is 13.6. The maximum absolute atomic E-state index is 13.6. The van der Waals surface area contributed by atoms with Gasteiger partial charge in [0.05, 0.1) is 17.4 Å². The molecule has 0 bridgehead atoms. The number of aromatic nitrogens is 2. The number of H-pyrrole nitrogens is 1. The zero-order chi connectivity index (χ0) is 14.0. The normalized spacial score (nSPS) is 10.5. The largest absolute Gasteiger partial charge is 0.396 e. The number of amides is 1. The molecule has 4 N–H and O–H groups in total. The number of nitrogens with two attached hydrogens (primary N) is 1. The standard InChI is InChI=1S/C12H12F2N4O/c1-6-7(5-17-18-6)4-16-12(19)9-2-8(13)3-10(15)11(9)14/h2-3,5H,4,15H2,1H3,(H,16,19)(H,17,18). The zero-order valence-corrected chi connectivity index (χ0v) is 10.1. The van der Waals surface area contributed by atoms with E-state index < -0.39 is 28.8 Å². The molecule has 0 fully saturated rings. The van der Waals surface area contributed by atoms with E-state index in [1.165, 1.54) is 0 Å². The topological polar surface area (TPSA) is 83.8 Å². The van der Waals surface area contributed by atoms with Gasteiger partial charge in [-0.2, -0.15) is 5.10 Å². The molecule has 0 saturated carbocycles. The smallest absolute Gasteiger partial charge is 0.254 e. The zero-order valence-electron chi connectivity index (χ0n) is 10.1. The van der Waals surface area contributed by atoms with Gasteiger partial charge < -0.3 is 11.1 Å². The molecule has 1 aromatic heterocycles. The van der Waals surface area contributed by atoms with Crippen molar-refractivity contribution in [2.24, 2.45) is 0 Å². The van der Waals surface area contributed by atoms with Crippen LogP contribution < -0.4 is 11.1 Å². The van der Waals surface area contributed by atoms with Gasteiger partial charge in [-0.3, -0.25) is 9.89 Å². The molecule has 2 aromatic rings. The molecule has 1 amide bonds. The van der Waals surface area contributed by atoms with Gasteiger partial charge >= 0.3 is 0 Å². The number of hydrogen-bond acceptors (Lipinski definition) is 3. The van der Waals surface area contributed by atoms with Crippen LogP contribution in [0.3, 0.4) is 0 Å². The van der Waals surface area contributed by atoms with E-state index in [4.69, 9.17) is 5.73 Å². The minimum absolute atomic E-state index is 0.164. The van der Waals surface area contributed by atoms with E-state index in [9.17, 15) is 13.6 Å². The van der Waals surface area contributed by atoms with Crippen molar-refractivity contribution in [3.63, 3.8) is 0 Å². The Labute approximate surface area is 107 Å². The molecule has 0 atom stereocenters. The Hall–Kier alpha value is -2.44. The van der Waals surface area contributed by atoms with Crippen molar-refractivity contribution >= 4 is 11.6 Å². The minimum atomic E-state index is -0.928. The Morgan fingerprint density at radius 1 is 1.47 bits per heavy atom. The number of halogens is 2. The van der Waals surface area contributed by atoms with Crippen molar-refractivity contribution in [2.45, 2.75) is 13.5 Å². The van der Waals surface area contributed by atoms with Gasteiger partial charge in [0.15, 0.2) is 5.82 Å². The minimum Gasteiger partial charge on any atom is -0.396 e. The maximum Gasteiger partial charge on any atom is 0.254 e. The second-order valence-electron chi connectivity index (χ2n) is 4.06. The Kier molecular flexibility index (Phi) is 3.46. The molecule has 0 aliphatic heterocycles. The number of carbonyl (C=O) groups is 1. The van der Waals surface area contributed by atoms with E-state index in [1.807, 2.05) is 0 Å². The van der Waals surface area contributed by atoms with Crippen LogP contribution in [0.5, 0.6) is 0 Å². The molecular weight excluding hydrogens is 254 g/mol. The average Bonchev–Trinajstić information content (AvgIpc) is 2.76. The van der Waals surface area contributed by atoms with E-state index in [2.05, 4.69) is 15.5 Å². The summed E-state index contributed by atoms with van der Waals surface area (Å²) in [6.45, 7) is 1.95. The highest BCUT2D eigenvalue weighted by Gasteiger charge is 2.16. The van der Waals surface area contributed by atoms with E-state index in [0.29, 0.717) is 0 Å². The Bertz CT molecular complexity index is 624. The van der Waals surface area contributed by atoms with Crippen LogP contribution in [-0.2, 0) is 6.54 Å². The summed E-state index contributed by atoms with van der Waals surface area (Å²) in [7, 11) is 0. The number of nitrogens with zero attached hydrogens (tertiary/aromatic N) is 1. The summed E-state index contributed by atoms with van der Waals surface area (Å²) in [6.07, 6.45) is 1.55. The summed E-state index contributed by atoms with van der Waals surface area (Å²) in [5.74, 6) is -2.42. The lowest BCUT2D eigenvalue weighted by molar-refractivity contribution is 0.0946. The predicted molar refractivity (Wildman–Crippen MR) is 65.3 cm³/mol. The number of nitrogens with one attached hydrogen (secondary N) is 2. The van der Waals surface area contributed by atoms with Gasteiger partial charge in [0.2, 0.25) is 0 Å². The molecular formula is C12H12F2N4O. The van der Waals surface area contributed by atoms with Crippen LogP contribution >= 0.6 is 0 Å². The lowest BCUT2D eigenvalue weighted by Crippen LogP contribution is -2.24. The SMILES string of the molecule is Cc1[nH]ncc1CNC(=O)c1cc(F)cc(N)c1F. The van der Waals surface area contributed by atoms with Gasteiger partial charge in [-0.05, 0) is 19.1 Å². The van der Waals surface area contributed by atoms with Crippen molar-refractivity contribution < 1.29 is 13.6 Å². The van der Waals surface area contributed by atoms with E-state index in [0.717, 1.165) is 23.4 Å². The second kappa shape index (κ2) is 5.05. The molecule has 100 valence electrons. The monoisotopic (exact) mass is 266 g/mol. The van der Waals surface area contributed by atoms with Crippen LogP contribution in [0, 0.1) is 18.6 Å². The molecule has 0 unspecified atom stereocenters. The third kappa shape index (κ3) is 2.70. The quantitative estimate of drug-likeness (QED) is 0.736. The fourth-order valence-electron chi connectivity index (χ4n) is 1.60. The number of anilines is 1. The predicted octanol–water partition coefficient (Wildman–Crippen LogP) is 1.51. The number of aromatic amines is 1. The lowest BCUT2D eigenvalue weighted by Gasteiger charge is -2.07. The van der Waals surface area contributed by atoms with Crippen LogP contribution in [0.25, 0.3) is 0 Å². The van der Waals surface area contributed by atoms with Crippen molar-refractivity contribution in [1.29, 1.82) is 0 Å². The highest BCUT2D eigenvalue weighted by atomic mass is 19.1. The fourth-order valence-corrected chi connectivity index (χ4v) is 1.60. The highest BCUT2D eigenvalue weighted by Crippen LogP contribution is 2.17. The fraction of sp³-hybridized carbons (Fsp3) is 0.167. The van der Waals surface area contributed by atoms with Crippen LogP contribution in [0.4, 0.5) is 14.5 Å². The molecule has 0 aliphatic carbocycles. The number of benzene rings is 1. The van der Waals surface area contributed by atoms with E-state index in [-0.39, 0.29) is 6.54 Å². The van der Waals surface area contributed by atoms with Crippen molar-refractivity contribution in [1.82, 2.24) is 15.5 Å². The van der Waals surface area contributed by atoms with Gasteiger partial charge in [-0.25, -0.2) is 8.78 Å². The van der Waals surface area contributed by atoms with Crippen molar-refractivity contribution in [3.05, 3.63) is 46.8 Å². The number of hydrogen-bond donors (Lipinski definition) is 3. The molecule has 0 spiro atoms. The summed E-state index contributed by atoms with van der Waals surface area (Å²) in [5, 5.41) is 8.97. The molecule has 19 heavy (non-hydrogen) atoms. The highest BCUT2D eigenvalue weighted by molar-refractivity contribution is 5.95. The Morgan fingerprint density at radius 2 is 2.21 bits per heavy atom. The average molecular weight is 266 g/mol. The first kappa shape index (κ1) is 13.0. The summed E-state index contributed by atoms with van der Waals surface area (Å²) < 4.78 is 26.7. The number of rotatable bonds is 3. The summed E-state index contributed by atoms with van der Waals surface area (Å²) in [5.41, 5.74) is 6.00. The van der Waals surface area contributed by atoms with Crippen LogP contribution in [0.15, 0.2) is 18.3 Å². The number of nitrogen functional groups attached to an aromatic ring is 1. The van der Waals surface area contributed by atoms with Gasteiger partial charge in [0, 0.05) is 17.8 Å².